The van der Waals surface area contributed by atoms with Crippen LogP contribution in [-0.2, 0) is 0 Å². The summed E-state index contributed by atoms with van der Waals surface area (Å²) in [5.74, 6) is 0. The predicted octanol–water partition coefficient (Wildman–Crippen LogP) is 1.12. The van der Waals surface area contributed by atoms with Crippen molar-refractivity contribution in [3.05, 3.63) is 11.1 Å². The van der Waals surface area contributed by atoms with Gasteiger partial charge in [-0.3, -0.25) is 5.73 Å². The Morgan fingerprint density at radius 3 is 2.38 bits per heavy atom. The van der Waals surface area contributed by atoms with Gasteiger partial charge in [-0.15, -0.1) is 0 Å². The average molecular weight is 213 g/mol. The van der Waals surface area contributed by atoms with Gasteiger partial charge in [0.25, 0.3) is 0 Å². The van der Waals surface area contributed by atoms with Crippen molar-refractivity contribution in [3.63, 3.8) is 0 Å². The zero-order valence-corrected chi connectivity index (χ0v) is 7.15. The van der Waals surface area contributed by atoms with E-state index in [-0.39, 0.29) is 7.95 Å². The van der Waals surface area contributed by atoms with Crippen LogP contribution in [0.1, 0.15) is 0 Å². The van der Waals surface area contributed by atoms with Crippen LogP contribution >= 0.6 is 33.6 Å². The second-order valence-corrected chi connectivity index (χ2v) is 7.54. The van der Waals surface area contributed by atoms with E-state index in [1.165, 1.54) is 0 Å². The standard InChI is InChI=1S/C3H5BrN2S2/c4-8-3(6)1-2(5)7-8/h1H,5-6H2. The quantitative estimate of drug-likeness (QED) is 0.468. The third-order valence-corrected chi connectivity index (χ3v) is 5.49. The fourth-order valence-corrected chi connectivity index (χ4v) is 3.82. The molecule has 8 heavy (non-hydrogen) atoms. The highest BCUT2D eigenvalue weighted by Crippen LogP contribution is 2.45. The maximum Gasteiger partial charge on any atom is 0.0788 e. The van der Waals surface area contributed by atoms with Crippen LogP contribution in [-0.4, -0.2) is 4.99 Å². The molecule has 0 aromatic rings. The molecule has 46 valence electrons. The topological polar surface area (TPSA) is 52.0 Å². The molecule has 0 aromatic carbocycles. The van der Waals surface area contributed by atoms with Crippen molar-refractivity contribution in [2.75, 3.05) is 0 Å². The monoisotopic (exact) mass is 212 g/mol. The first-order chi connectivity index (χ1) is 3.70. The van der Waals surface area contributed by atoms with Crippen LogP contribution in [0.25, 0.3) is 0 Å². The fraction of sp³-hybridized carbons (Fsp3) is 0. The van der Waals surface area contributed by atoms with E-state index in [4.69, 9.17) is 11.5 Å². The lowest BCUT2D eigenvalue weighted by atomic mass is 10.6. The van der Waals surface area contributed by atoms with Crippen molar-refractivity contribution in [1.29, 1.82) is 0 Å². The highest BCUT2D eigenvalue weighted by Gasteiger charge is 2.06. The molecular formula is C3H5BrN2S2. The first-order valence-corrected chi connectivity index (χ1v) is 6.28. The molecule has 0 fully saturated rings. The van der Waals surface area contributed by atoms with E-state index < -0.39 is 0 Å². The van der Waals surface area contributed by atoms with E-state index in [0.717, 1.165) is 10.0 Å². The number of halogens is 1. The molecule has 0 aliphatic carbocycles. The minimum atomic E-state index is -0.0417. The lowest BCUT2D eigenvalue weighted by Crippen LogP contribution is -2.04. The number of hydrogen-bond donors (Lipinski definition) is 2. The second kappa shape index (κ2) is 2.43. The van der Waals surface area contributed by atoms with E-state index in [0.29, 0.717) is 0 Å². The summed E-state index contributed by atoms with van der Waals surface area (Å²) in [4.78, 5) is 0.826. The second-order valence-electron chi connectivity index (χ2n) is 1.26. The Kier molecular flexibility index (Phi) is 2.02. The normalized spacial score (nSPS) is 28.5. The average Bonchev–Trinajstić information content (AvgIpc) is 1.85. The summed E-state index contributed by atoms with van der Waals surface area (Å²) in [5, 5.41) is 0.794. The van der Waals surface area contributed by atoms with Crippen molar-refractivity contribution in [2.45, 2.75) is 0 Å². The van der Waals surface area contributed by atoms with Crippen LogP contribution < -0.4 is 11.5 Å². The van der Waals surface area contributed by atoms with E-state index in [9.17, 15) is 0 Å². The molecule has 0 saturated heterocycles. The van der Waals surface area contributed by atoms with Gasteiger partial charge in [0.2, 0.25) is 0 Å². The molecule has 1 rings (SSSR count). The van der Waals surface area contributed by atoms with Gasteiger partial charge in [-0.2, -0.15) is 0 Å². The van der Waals surface area contributed by atoms with E-state index in [1.54, 1.807) is 16.9 Å². The van der Waals surface area contributed by atoms with Gasteiger partial charge in [-0.25, -0.2) is 0 Å². The van der Waals surface area contributed by atoms with Crippen molar-refractivity contribution < 1.29 is 0 Å². The lowest BCUT2D eigenvalue weighted by Gasteiger charge is -1.88. The van der Waals surface area contributed by atoms with Crippen LogP contribution in [0.3, 0.4) is 0 Å². The smallest absolute Gasteiger partial charge is 0.0788 e. The SMILES string of the molecule is NC1=CC(N)=S(Br)S1. The molecule has 5 heteroatoms. The van der Waals surface area contributed by atoms with Gasteiger partial charge >= 0.3 is 0 Å². The minimum absolute atomic E-state index is 0.0417. The molecule has 2 nitrogen and oxygen atoms in total. The van der Waals surface area contributed by atoms with Crippen molar-refractivity contribution in [2.24, 2.45) is 11.5 Å². The molecule has 0 bridgehead atoms. The Labute approximate surface area is 61.2 Å². The van der Waals surface area contributed by atoms with Gasteiger partial charge in [0.1, 0.15) is 0 Å². The molecule has 0 aromatic heterocycles. The van der Waals surface area contributed by atoms with E-state index in [1.807, 2.05) is 0 Å². The van der Waals surface area contributed by atoms with Gasteiger partial charge in [0, 0.05) is 0 Å². The van der Waals surface area contributed by atoms with Gasteiger partial charge < -0.3 is 5.73 Å². The summed E-state index contributed by atoms with van der Waals surface area (Å²) >= 11 is 3.34. The van der Waals surface area contributed by atoms with Crippen LogP contribution in [0.5, 0.6) is 0 Å². The van der Waals surface area contributed by atoms with Crippen molar-refractivity contribution in [3.8, 4) is 0 Å². The Morgan fingerprint density at radius 1 is 1.62 bits per heavy atom. The van der Waals surface area contributed by atoms with Crippen molar-refractivity contribution >= 4 is 38.5 Å². The molecule has 4 N–H and O–H groups in total. The first kappa shape index (κ1) is 6.67. The summed E-state index contributed by atoms with van der Waals surface area (Å²) in [6.07, 6.45) is 1.78. The summed E-state index contributed by atoms with van der Waals surface area (Å²) in [6.45, 7) is 0. The van der Waals surface area contributed by atoms with E-state index >= 15 is 0 Å². The molecule has 1 heterocycles. The van der Waals surface area contributed by atoms with Gasteiger partial charge in [-0.1, -0.05) is 0 Å². The molecule has 1 aliphatic rings. The minimum Gasteiger partial charge on any atom is -0.393 e. The molecule has 0 radical (unpaired) electrons. The van der Waals surface area contributed by atoms with Crippen LogP contribution in [0, 0.1) is 0 Å². The Bertz CT molecular complexity index is 174. The number of hydrogen-bond acceptors (Lipinski definition) is 3. The number of nitrogens with two attached hydrogens (primary N) is 2. The fourth-order valence-electron chi connectivity index (χ4n) is 0.343. The predicted molar refractivity (Wildman–Crippen MR) is 45.6 cm³/mol. The molecule has 1 atom stereocenters. The van der Waals surface area contributed by atoms with E-state index in [2.05, 4.69) is 14.8 Å². The van der Waals surface area contributed by atoms with Crippen LogP contribution in [0.15, 0.2) is 11.1 Å². The zero-order chi connectivity index (χ0) is 6.15. The third kappa shape index (κ3) is 1.28. The first-order valence-electron chi connectivity index (χ1n) is 1.88. The maximum atomic E-state index is 5.47. The zero-order valence-electron chi connectivity index (χ0n) is 3.93. The maximum absolute atomic E-state index is 5.47. The molecule has 0 amide bonds. The Hall–Kier alpha value is 0.550. The highest BCUT2D eigenvalue weighted by atomic mass is 79.9. The van der Waals surface area contributed by atoms with Gasteiger partial charge in [0.05, 0.1) is 10.0 Å². The molecule has 0 saturated carbocycles. The lowest BCUT2D eigenvalue weighted by molar-refractivity contribution is 1.57. The molecular weight excluding hydrogens is 208 g/mol. The summed E-state index contributed by atoms with van der Waals surface area (Å²) in [7, 11) is 1.51. The molecule has 1 aliphatic heterocycles. The highest BCUT2D eigenvalue weighted by molar-refractivity contribution is 9.64. The molecule has 1 unspecified atom stereocenters. The Balaban J connectivity index is 2.79. The summed E-state index contributed by atoms with van der Waals surface area (Å²) < 4.78 is 0. The summed E-state index contributed by atoms with van der Waals surface area (Å²) in [6, 6.07) is 0. The van der Waals surface area contributed by atoms with Gasteiger partial charge in [-0.05, 0) is 39.6 Å². The van der Waals surface area contributed by atoms with Gasteiger partial charge in [0.15, 0.2) is 0 Å². The molecule has 0 spiro atoms. The van der Waals surface area contributed by atoms with Crippen LogP contribution in [0.4, 0.5) is 0 Å². The number of rotatable bonds is 0. The third-order valence-electron chi connectivity index (χ3n) is 0.639. The Morgan fingerprint density at radius 2 is 2.25 bits per heavy atom. The van der Waals surface area contributed by atoms with Crippen LogP contribution in [0.2, 0.25) is 0 Å². The largest absolute Gasteiger partial charge is 0.393 e. The van der Waals surface area contributed by atoms with Crippen molar-refractivity contribution in [1.82, 2.24) is 0 Å². The summed E-state index contributed by atoms with van der Waals surface area (Å²) in [5.41, 5.74) is 10.9.